The van der Waals surface area contributed by atoms with Crippen molar-refractivity contribution >= 4 is 44.2 Å². The van der Waals surface area contributed by atoms with Crippen LogP contribution in [-0.4, -0.2) is 43.0 Å². The number of anilines is 1. The predicted octanol–water partition coefficient (Wildman–Crippen LogP) is 3.41. The number of para-hydroxylation sites is 1. The molecule has 0 aliphatic heterocycles. The van der Waals surface area contributed by atoms with Crippen LogP contribution in [0.3, 0.4) is 0 Å². The van der Waals surface area contributed by atoms with Gasteiger partial charge in [0.2, 0.25) is 0 Å². The van der Waals surface area contributed by atoms with Crippen LogP contribution in [0.25, 0.3) is 32.6 Å². The van der Waals surface area contributed by atoms with Gasteiger partial charge in [0, 0.05) is 29.2 Å². The van der Waals surface area contributed by atoms with Gasteiger partial charge in [-0.3, -0.25) is 4.79 Å². The van der Waals surface area contributed by atoms with Gasteiger partial charge >= 0.3 is 0 Å². The van der Waals surface area contributed by atoms with E-state index in [0.717, 1.165) is 33.6 Å². The molecular formula is C22H22N4O. The molecule has 0 saturated carbocycles. The highest BCUT2D eigenvalue weighted by atomic mass is 16.1. The summed E-state index contributed by atoms with van der Waals surface area (Å²) in [7, 11) is 3.95. The first-order valence-electron chi connectivity index (χ1n) is 8.99. The second-order valence-corrected chi connectivity index (χ2v) is 6.97. The number of fused-ring (bicyclic) bond motifs is 4. The summed E-state index contributed by atoms with van der Waals surface area (Å²) in [6, 6.07) is 17.7. The number of nitrogens with zero attached hydrogens (tertiary/aromatic N) is 2. The molecule has 0 radical (unpaired) electrons. The molecule has 0 spiro atoms. The van der Waals surface area contributed by atoms with Crippen LogP contribution >= 0.6 is 0 Å². The van der Waals surface area contributed by atoms with E-state index in [1.54, 1.807) is 6.07 Å². The van der Waals surface area contributed by atoms with Crippen molar-refractivity contribution in [1.82, 2.24) is 15.2 Å². The van der Waals surface area contributed by atoms with Gasteiger partial charge in [0.25, 0.3) is 5.91 Å². The molecule has 1 aromatic heterocycles. The number of nitrogen functional groups attached to an aromatic ring is 1. The standard InChI is InChI=1S/C22H22N4O/c1-26(2)13-12-24-22(27)18-9-5-8-16-19(23)17-11-10-14-6-3-4-7-15(14)20(17)25-21(16)18/h3-11H,12-13H2,1-2H3,(H2,23,25)(H,24,27). The molecule has 0 unspecified atom stereocenters. The van der Waals surface area contributed by atoms with Crippen molar-refractivity contribution in [3.05, 3.63) is 60.2 Å². The van der Waals surface area contributed by atoms with Crippen molar-refractivity contribution in [2.75, 3.05) is 32.9 Å². The van der Waals surface area contributed by atoms with Crippen molar-refractivity contribution in [2.45, 2.75) is 0 Å². The van der Waals surface area contributed by atoms with Crippen LogP contribution in [0.4, 0.5) is 5.69 Å². The van der Waals surface area contributed by atoms with Crippen molar-refractivity contribution in [3.63, 3.8) is 0 Å². The summed E-state index contributed by atoms with van der Waals surface area (Å²) in [5.74, 6) is -0.131. The maximum absolute atomic E-state index is 12.7. The van der Waals surface area contributed by atoms with Crippen molar-refractivity contribution in [1.29, 1.82) is 0 Å². The van der Waals surface area contributed by atoms with Gasteiger partial charge in [-0.15, -0.1) is 0 Å². The number of nitrogens with one attached hydrogen (secondary N) is 1. The maximum atomic E-state index is 12.7. The summed E-state index contributed by atoms with van der Waals surface area (Å²) in [5, 5.41) is 6.81. The first-order valence-corrected chi connectivity index (χ1v) is 8.99. The number of nitrogens with two attached hydrogens (primary N) is 1. The Labute approximate surface area is 157 Å². The third kappa shape index (κ3) is 3.06. The zero-order valence-corrected chi connectivity index (χ0v) is 15.5. The zero-order valence-electron chi connectivity index (χ0n) is 15.5. The van der Waals surface area contributed by atoms with Crippen LogP contribution in [0.5, 0.6) is 0 Å². The zero-order chi connectivity index (χ0) is 19.0. The minimum Gasteiger partial charge on any atom is -0.398 e. The third-order valence-corrected chi connectivity index (χ3v) is 4.83. The normalized spacial score (nSPS) is 11.5. The molecule has 0 fully saturated rings. The van der Waals surface area contributed by atoms with Gasteiger partial charge in [0.15, 0.2) is 0 Å². The van der Waals surface area contributed by atoms with Gasteiger partial charge in [0.05, 0.1) is 22.3 Å². The Bertz CT molecular complexity index is 1170. The van der Waals surface area contributed by atoms with Crippen LogP contribution in [-0.2, 0) is 0 Å². The fraction of sp³-hybridized carbons (Fsp3) is 0.182. The molecule has 3 N–H and O–H groups in total. The lowest BCUT2D eigenvalue weighted by Gasteiger charge is -2.13. The lowest BCUT2D eigenvalue weighted by Crippen LogP contribution is -2.31. The number of hydrogen-bond donors (Lipinski definition) is 2. The Balaban J connectivity index is 1.91. The number of aromatic nitrogens is 1. The highest BCUT2D eigenvalue weighted by Crippen LogP contribution is 2.33. The average molecular weight is 358 g/mol. The summed E-state index contributed by atoms with van der Waals surface area (Å²) in [6.45, 7) is 1.36. The topological polar surface area (TPSA) is 71.2 Å². The van der Waals surface area contributed by atoms with Gasteiger partial charge in [-0.05, 0) is 25.5 Å². The molecule has 136 valence electrons. The van der Waals surface area contributed by atoms with E-state index in [1.165, 1.54) is 0 Å². The molecule has 27 heavy (non-hydrogen) atoms. The van der Waals surface area contributed by atoms with E-state index < -0.39 is 0 Å². The highest BCUT2D eigenvalue weighted by molar-refractivity contribution is 6.18. The Morgan fingerprint density at radius 2 is 1.70 bits per heavy atom. The Kier molecular flexibility index (Phi) is 4.38. The van der Waals surface area contributed by atoms with Gasteiger partial charge in [-0.25, -0.2) is 4.98 Å². The molecular weight excluding hydrogens is 336 g/mol. The lowest BCUT2D eigenvalue weighted by atomic mass is 10.0. The molecule has 3 aromatic carbocycles. The lowest BCUT2D eigenvalue weighted by molar-refractivity contribution is 0.0952. The number of likely N-dealkylation sites (N-methyl/N-ethyl adjacent to an activating group) is 1. The summed E-state index contributed by atoms with van der Waals surface area (Å²) >= 11 is 0. The number of hydrogen-bond acceptors (Lipinski definition) is 4. The summed E-state index contributed by atoms with van der Waals surface area (Å²) < 4.78 is 0. The van der Waals surface area contributed by atoms with Crippen molar-refractivity contribution < 1.29 is 4.79 Å². The van der Waals surface area contributed by atoms with Gasteiger partial charge in [0.1, 0.15) is 0 Å². The van der Waals surface area contributed by atoms with Gasteiger partial charge < -0.3 is 16.0 Å². The van der Waals surface area contributed by atoms with Crippen LogP contribution < -0.4 is 11.1 Å². The van der Waals surface area contributed by atoms with Crippen LogP contribution in [0.2, 0.25) is 0 Å². The molecule has 4 aromatic rings. The maximum Gasteiger partial charge on any atom is 0.253 e. The van der Waals surface area contributed by atoms with Crippen LogP contribution in [0.15, 0.2) is 54.6 Å². The molecule has 0 aliphatic rings. The van der Waals surface area contributed by atoms with Crippen LogP contribution in [0, 0.1) is 0 Å². The molecule has 5 heteroatoms. The molecule has 1 amide bonds. The van der Waals surface area contributed by atoms with Crippen LogP contribution in [0.1, 0.15) is 10.4 Å². The number of carbonyl (C=O) groups is 1. The summed E-state index contributed by atoms with van der Waals surface area (Å²) in [4.78, 5) is 19.6. The molecule has 5 nitrogen and oxygen atoms in total. The minimum absolute atomic E-state index is 0.131. The van der Waals surface area contributed by atoms with E-state index in [2.05, 4.69) is 17.4 Å². The summed E-state index contributed by atoms with van der Waals surface area (Å²) in [5.41, 5.74) is 9.15. The van der Waals surface area contributed by atoms with Crippen molar-refractivity contribution in [2.24, 2.45) is 0 Å². The van der Waals surface area contributed by atoms with Gasteiger partial charge in [-0.1, -0.05) is 48.5 Å². The second kappa shape index (κ2) is 6.85. The predicted molar refractivity (Wildman–Crippen MR) is 112 cm³/mol. The summed E-state index contributed by atoms with van der Waals surface area (Å²) in [6.07, 6.45) is 0. The molecule has 0 bridgehead atoms. The average Bonchev–Trinajstić information content (AvgIpc) is 2.67. The number of pyridine rings is 1. The Morgan fingerprint density at radius 1 is 0.963 bits per heavy atom. The SMILES string of the molecule is CN(C)CCNC(=O)c1cccc2c(N)c3ccc4ccccc4c3nc12. The number of benzene rings is 3. The van der Waals surface area contributed by atoms with Gasteiger partial charge in [-0.2, -0.15) is 0 Å². The molecule has 0 atom stereocenters. The third-order valence-electron chi connectivity index (χ3n) is 4.83. The largest absolute Gasteiger partial charge is 0.398 e. The Hall–Kier alpha value is -3.18. The van der Waals surface area contributed by atoms with E-state index in [-0.39, 0.29) is 5.91 Å². The number of carbonyl (C=O) groups excluding carboxylic acids is 1. The van der Waals surface area contributed by atoms with E-state index in [0.29, 0.717) is 23.3 Å². The molecule has 0 saturated heterocycles. The van der Waals surface area contributed by atoms with E-state index in [1.807, 2.05) is 55.4 Å². The highest BCUT2D eigenvalue weighted by Gasteiger charge is 2.15. The quantitative estimate of drug-likeness (QED) is 0.433. The first kappa shape index (κ1) is 17.2. The molecule has 1 heterocycles. The van der Waals surface area contributed by atoms with Crippen molar-refractivity contribution in [3.8, 4) is 0 Å². The first-order chi connectivity index (χ1) is 13.1. The fourth-order valence-corrected chi connectivity index (χ4v) is 3.40. The monoisotopic (exact) mass is 358 g/mol. The number of rotatable bonds is 4. The fourth-order valence-electron chi connectivity index (χ4n) is 3.40. The van der Waals surface area contributed by atoms with E-state index in [9.17, 15) is 4.79 Å². The second-order valence-electron chi connectivity index (χ2n) is 6.97. The minimum atomic E-state index is -0.131. The van der Waals surface area contributed by atoms with E-state index >= 15 is 0 Å². The smallest absolute Gasteiger partial charge is 0.253 e. The van der Waals surface area contributed by atoms with E-state index in [4.69, 9.17) is 10.7 Å². The molecule has 4 rings (SSSR count). The number of amides is 1. The Morgan fingerprint density at radius 3 is 2.52 bits per heavy atom. The molecule has 0 aliphatic carbocycles.